The Balaban J connectivity index is 1.74. The molecular weight excluding hydrogens is 286 g/mol. The number of carbonyl (C=O) groups is 1. The second kappa shape index (κ2) is 5.80. The van der Waals surface area contributed by atoms with Crippen molar-refractivity contribution in [3.8, 4) is 11.8 Å². The average Bonchev–Trinajstić information content (AvgIpc) is 3.13. The first-order valence-corrected chi connectivity index (χ1v) is 8.09. The van der Waals surface area contributed by atoms with E-state index < -0.39 is 0 Å². The molecule has 112 valence electrons. The van der Waals surface area contributed by atoms with Crippen molar-refractivity contribution in [1.29, 1.82) is 0 Å². The van der Waals surface area contributed by atoms with Gasteiger partial charge in [0.1, 0.15) is 6.61 Å². The molecule has 1 aromatic rings. The van der Waals surface area contributed by atoms with Gasteiger partial charge in [-0.05, 0) is 37.3 Å². The quantitative estimate of drug-likeness (QED) is 0.768. The Hall–Kier alpha value is -1.35. The van der Waals surface area contributed by atoms with Crippen LogP contribution in [0.1, 0.15) is 33.0 Å². The summed E-state index contributed by atoms with van der Waals surface area (Å²) in [6.45, 7) is 3.18. The minimum absolute atomic E-state index is 0.0433. The number of aliphatic hydroxyl groups excluding tert-OH is 2. The maximum absolute atomic E-state index is 12.6. The molecule has 4 nitrogen and oxygen atoms in total. The summed E-state index contributed by atoms with van der Waals surface area (Å²) >= 11 is 1.38. The number of hydrogen-bond acceptors (Lipinski definition) is 4. The summed E-state index contributed by atoms with van der Waals surface area (Å²) in [6, 6.07) is 1.87. The molecule has 3 atom stereocenters. The van der Waals surface area contributed by atoms with Gasteiger partial charge in [-0.2, -0.15) is 0 Å². The highest BCUT2D eigenvalue weighted by Crippen LogP contribution is 2.39. The number of nitrogens with zero attached hydrogens (tertiary/aromatic N) is 1. The zero-order chi connectivity index (χ0) is 15.0. The standard InChI is InChI=1S/C16H19NO3S/c1-10-7-15(21-14(10)3-2-6-18)16(20)17-8-11-4-5-13(19)12(11)9-17/h7,11-13,18-19H,4-6,8-9H2,1H3. The summed E-state index contributed by atoms with van der Waals surface area (Å²) in [5, 5.41) is 18.7. The van der Waals surface area contributed by atoms with Gasteiger partial charge in [0.05, 0.1) is 15.9 Å². The molecule has 0 aromatic carbocycles. The fourth-order valence-corrected chi connectivity index (χ4v) is 4.40. The van der Waals surface area contributed by atoms with Gasteiger partial charge in [0, 0.05) is 19.0 Å². The van der Waals surface area contributed by atoms with E-state index >= 15 is 0 Å². The molecule has 0 radical (unpaired) electrons. The van der Waals surface area contributed by atoms with E-state index in [-0.39, 0.29) is 24.5 Å². The first kappa shape index (κ1) is 14.6. The summed E-state index contributed by atoms with van der Waals surface area (Å²) in [5.74, 6) is 6.26. The number of hydrogen-bond donors (Lipinski definition) is 2. The van der Waals surface area contributed by atoms with Gasteiger partial charge < -0.3 is 15.1 Å². The summed E-state index contributed by atoms with van der Waals surface area (Å²) in [6.07, 6.45) is 1.65. The van der Waals surface area contributed by atoms with Gasteiger partial charge in [-0.25, -0.2) is 0 Å². The van der Waals surface area contributed by atoms with Crippen LogP contribution in [0.25, 0.3) is 0 Å². The Morgan fingerprint density at radius 3 is 3.00 bits per heavy atom. The number of aliphatic hydroxyl groups is 2. The number of rotatable bonds is 1. The number of amides is 1. The largest absolute Gasteiger partial charge is 0.393 e. The van der Waals surface area contributed by atoms with Gasteiger partial charge in [-0.1, -0.05) is 11.8 Å². The monoisotopic (exact) mass is 305 g/mol. The molecule has 1 aromatic heterocycles. The molecule has 2 aliphatic rings. The van der Waals surface area contributed by atoms with Crippen LogP contribution in [0.4, 0.5) is 0 Å². The van der Waals surface area contributed by atoms with E-state index in [1.54, 1.807) is 0 Å². The van der Waals surface area contributed by atoms with Crippen LogP contribution in [0.2, 0.25) is 0 Å². The molecule has 0 bridgehead atoms. The molecule has 1 saturated heterocycles. The van der Waals surface area contributed by atoms with Crippen molar-refractivity contribution < 1.29 is 15.0 Å². The Morgan fingerprint density at radius 2 is 2.29 bits per heavy atom. The first-order chi connectivity index (χ1) is 10.1. The van der Waals surface area contributed by atoms with Crippen molar-refractivity contribution in [2.24, 2.45) is 11.8 Å². The molecule has 2 N–H and O–H groups in total. The minimum atomic E-state index is -0.246. The van der Waals surface area contributed by atoms with E-state index in [2.05, 4.69) is 11.8 Å². The van der Waals surface area contributed by atoms with Crippen LogP contribution in [0.3, 0.4) is 0 Å². The number of fused-ring (bicyclic) bond motifs is 1. The van der Waals surface area contributed by atoms with Gasteiger partial charge in [0.15, 0.2) is 0 Å². The maximum atomic E-state index is 12.6. The van der Waals surface area contributed by atoms with Gasteiger partial charge >= 0.3 is 0 Å². The molecule has 21 heavy (non-hydrogen) atoms. The van der Waals surface area contributed by atoms with Crippen molar-refractivity contribution >= 4 is 17.2 Å². The second-order valence-corrected chi connectivity index (χ2v) is 6.91. The number of carbonyl (C=O) groups excluding carboxylic acids is 1. The smallest absolute Gasteiger partial charge is 0.263 e. The summed E-state index contributed by atoms with van der Waals surface area (Å²) in [4.78, 5) is 16.0. The van der Waals surface area contributed by atoms with Crippen molar-refractivity contribution in [2.45, 2.75) is 25.9 Å². The molecule has 1 saturated carbocycles. The molecule has 5 heteroatoms. The third kappa shape index (κ3) is 2.71. The van der Waals surface area contributed by atoms with Crippen molar-refractivity contribution in [3.63, 3.8) is 0 Å². The van der Waals surface area contributed by atoms with Gasteiger partial charge in [0.2, 0.25) is 0 Å². The van der Waals surface area contributed by atoms with E-state index in [9.17, 15) is 9.90 Å². The SMILES string of the molecule is Cc1cc(C(=O)N2CC3CCC(O)C3C2)sc1C#CCO. The molecule has 2 fully saturated rings. The van der Waals surface area contributed by atoms with Crippen LogP contribution in [0.15, 0.2) is 6.07 Å². The maximum Gasteiger partial charge on any atom is 0.263 e. The van der Waals surface area contributed by atoms with E-state index in [0.29, 0.717) is 17.3 Å². The number of likely N-dealkylation sites (tertiary alicyclic amines) is 1. The summed E-state index contributed by atoms with van der Waals surface area (Å²) in [5.41, 5.74) is 0.976. The van der Waals surface area contributed by atoms with Crippen molar-refractivity contribution in [3.05, 3.63) is 21.4 Å². The van der Waals surface area contributed by atoms with Crippen LogP contribution in [-0.2, 0) is 0 Å². The van der Waals surface area contributed by atoms with Crippen LogP contribution < -0.4 is 0 Å². The Bertz CT molecular complexity index is 613. The Morgan fingerprint density at radius 1 is 1.48 bits per heavy atom. The predicted octanol–water partition coefficient (Wildman–Crippen LogP) is 1.24. The topological polar surface area (TPSA) is 60.8 Å². The fourth-order valence-electron chi connectivity index (χ4n) is 3.39. The molecule has 1 amide bonds. The molecule has 3 unspecified atom stereocenters. The Labute approximate surface area is 128 Å². The van der Waals surface area contributed by atoms with E-state index in [4.69, 9.17) is 5.11 Å². The van der Waals surface area contributed by atoms with E-state index in [1.807, 2.05) is 17.9 Å². The van der Waals surface area contributed by atoms with Crippen LogP contribution in [0.5, 0.6) is 0 Å². The molecule has 1 aliphatic carbocycles. The fraction of sp³-hybridized carbons (Fsp3) is 0.562. The van der Waals surface area contributed by atoms with Crippen LogP contribution in [-0.4, -0.2) is 46.8 Å². The number of aryl methyl sites for hydroxylation is 1. The average molecular weight is 305 g/mol. The lowest BCUT2D eigenvalue weighted by Crippen LogP contribution is -2.30. The van der Waals surface area contributed by atoms with Crippen molar-refractivity contribution in [1.82, 2.24) is 4.90 Å². The van der Waals surface area contributed by atoms with Gasteiger partial charge in [-0.3, -0.25) is 4.79 Å². The molecule has 1 aliphatic heterocycles. The highest BCUT2D eigenvalue weighted by Gasteiger charge is 2.43. The van der Waals surface area contributed by atoms with Crippen molar-refractivity contribution in [2.75, 3.05) is 19.7 Å². The van der Waals surface area contributed by atoms with Gasteiger partial charge in [-0.15, -0.1) is 11.3 Å². The summed E-state index contributed by atoms with van der Waals surface area (Å²) in [7, 11) is 0. The zero-order valence-corrected chi connectivity index (χ0v) is 12.8. The third-order valence-corrected chi connectivity index (χ3v) is 5.66. The molecule has 2 heterocycles. The lowest BCUT2D eigenvalue weighted by Gasteiger charge is -2.17. The summed E-state index contributed by atoms with van der Waals surface area (Å²) < 4.78 is 0. The highest BCUT2D eigenvalue weighted by molar-refractivity contribution is 7.14. The van der Waals surface area contributed by atoms with Crippen LogP contribution >= 0.6 is 11.3 Å². The predicted molar refractivity (Wildman–Crippen MR) is 81.1 cm³/mol. The lowest BCUT2D eigenvalue weighted by molar-refractivity contribution is 0.0757. The zero-order valence-electron chi connectivity index (χ0n) is 12.0. The Kier molecular flexibility index (Phi) is 4.03. The molecular formula is C16H19NO3S. The molecule has 3 rings (SSSR count). The van der Waals surface area contributed by atoms with E-state index in [0.717, 1.165) is 29.8 Å². The third-order valence-electron chi connectivity index (χ3n) is 4.52. The van der Waals surface area contributed by atoms with E-state index in [1.165, 1.54) is 11.3 Å². The highest BCUT2D eigenvalue weighted by atomic mass is 32.1. The number of thiophene rings is 1. The van der Waals surface area contributed by atoms with Gasteiger partial charge in [0.25, 0.3) is 5.91 Å². The normalized spacial score (nSPS) is 27.4. The lowest BCUT2D eigenvalue weighted by atomic mass is 10.00. The van der Waals surface area contributed by atoms with Crippen LogP contribution in [0, 0.1) is 30.6 Å². The molecule has 0 spiro atoms. The second-order valence-electron chi connectivity index (χ2n) is 5.86. The first-order valence-electron chi connectivity index (χ1n) is 7.27. The minimum Gasteiger partial charge on any atom is -0.393 e.